The van der Waals surface area contributed by atoms with Crippen molar-refractivity contribution in [3.63, 3.8) is 0 Å². The highest BCUT2D eigenvalue weighted by Crippen LogP contribution is 2.41. The van der Waals surface area contributed by atoms with Gasteiger partial charge >= 0.3 is 13.8 Å². The van der Waals surface area contributed by atoms with Crippen LogP contribution in [0, 0.1) is 0 Å². The van der Waals surface area contributed by atoms with Gasteiger partial charge in [-0.2, -0.15) is 0 Å². The monoisotopic (exact) mass is 434 g/mol. The number of benzene rings is 5. The van der Waals surface area contributed by atoms with E-state index in [1.54, 1.807) is 0 Å². The van der Waals surface area contributed by atoms with Gasteiger partial charge in [-0.25, -0.2) is 0 Å². The summed E-state index contributed by atoms with van der Waals surface area (Å²) < 4.78 is 0. The molecule has 2 N–H and O–H groups in total. The Morgan fingerprint density at radius 1 is 0.441 bits per heavy atom. The van der Waals surface area contributed by atoms with Gasteiger partial charge in [0.05, 0.1) is 0 Å². The van der Waals surface area contributed by atoms with E-state index in [2.05, 4.69) is 24.3 Å². The van der Waals surface area contributed by atoms with Crippen molar-refractivity contribution >= 4 is 69.4 Å². The smallest absolute Gasteiger partial charge is 0.360 e. The average molecular weight is 434 g/mol. The van der Waals surface area contributed by atoms with Crippen LogP contribution < -0.4 is 10.9 Å². The average Bonchev–Trinajstić information content (AvgIpc) is 2.90. The maximum Gasteiger partial charge on any atom is 0.360 e. The zero-order chi connectivity index (χ0) is 22.8. The Morgan fingerprint density at radius 3 is 1.26 bits per heavy atom. The molecule has 0 radical (unpaired) electrons. The molecule has 0 unspecified atom stereocenters. The predicted octanol–water partition coefficient (Wildman–Crippen LogP) is 4.56. The van der Waals surface area contributed by atoms with Crippen molar-refractivity contribution in [2.75, 3.05) is 0 Å². The fourth-order valence-electron chi connectivity index (χ4n) is 5.76. The van der Waals surface area contributed by atoms with Crippen molar-refractivity contribution in [2.45, 2.75) is 0 Å². The molecule has 2 nitrogen and oxygen atoms in total. The van der Waals surface area contributed by atoms with Gasteiger partial charge in [0, 0.05) is 0 Å². The van der Waals surface area contributed by atoms with E-state index >= 15 is 0 Å². The van der Waals surface area contributed by atoms with Crippen molar-refractivity contribution in [1.29, 1.82) is 0 Å². The first-order chi connectivity index (χ1) is 16.7. The molecular formula is C30H20B2O2. The largest absolute Gasteiger partial charge is 0.443 e. The van der Waals surface area contributed by atoms with E-state index < -0.39 is 13.8 Å². The van der Waals surface area contributed by atoms with Crippen molar-refractivity contribution < 1.29 is 10.0 Å². The van der Waals surface area contributed by atoms with Gasteiger partial charge in [0.25, 0.3) is 0 Å². The molecule has 158 valence electrons. The first-order valence-electron chi connectivity index (χ1n) is 11.6. The van der Waals surface area contributed by atoms with Crippen molar-refractivity contribution in [3.05, 3.63) is 119 Å². The van der Waals surface area contributed by atoms with E-state index in [1.807, 2.05) is 84.9 Å². The molecule has 4 heteroatoms. The molecule has 2 aliphatic heterocycles. The van der Waals surface area contributed by atoms with E-state index in [0.717, 1.165) is 65.7 Å². The second kappa shape index (κ2) is 7.33. The number of rotatable bonds is 2. The molecule has 0 atom stereocenters. The van der Waals surface area contributed by atoms with E-state index in [-0.39, 0.29) is 0 Å². The first-order valence-corrected chi connectivity index (χ1v) is 11.6. The van der Waals surface area contributed by atoms with Crippen LogP contribution in [0.5, 0.6) is 0 Å². The molecule has 5 aromatic rings. The molecule has 5 aromatic carbocycles. The number of hydrogen-bond donors (Lipinski definition) is 2. The molecule has 0 aliphatic carbocycles. The topological polar surface area (TPSA) is 40.5 Å². The summed E-state index contributed by atoms with van der Waals surface area (Å²) in [5.41, 5.74) is 7.92. The third-order valence-corrected chi connectivity index (χ3v) is 7.30. The van der Waals surface area contributed by atoms with Crippen LogP contribution in [0.4, 0.5) is 0 Å². The van der Waals surface area contributed by atoms with Crippen molar-refractivity contribution in [1.82, 2.24) is 0 Å². The van der Waals surface area contributed by atoms with E-state index in [4.69, 9.17) is 0 Å². The van der Waals surface area contributed by atoms with Crippen LogP contribution in [-0.4, -0.2) is 23.9 Å². The Labute approximate surface area is 198 Å². The fraction of sp³-hybridized carbons (Fsp3) is 0. The minimum absolute atomic E-state index is 0.696. The van der Waals surface area contributed by atoms with Crippen LogP contribution in [0.3, 0.4) is 0 Å². The summed E-state index contributed by atoms with van der Waals surface area (Å²) in [4.78, 5) is 0. The lowest BCUT2D eigenvalue weighted by molar-refractivity contribution is 0.601. The lowest BCUT2D eigenvalue weighted by Gasteiger charge is -2.28. The van der Waals surface area contributed by atoms with Crippen LogP contribution in [-0.2, 0) is 0 Å². The molecular weight excluding hydrogens is 414 g/mol. The molecule has 2 heterocycles. The van der Waals surface area contributed by atoms with Gasteiger partial charge < -0.3 is 10.0 Å². The molecule has 0 bridgehead atoms. The van der Waals surface area contributed by atoms with Crippen LogP contribution >= 0.6 is 0 Å². The SMILES string of the molecule is OB1C(c2ccccc2)=Cc2c3cccc4c3c(c3cccc1c23)C=C(c1ccccc1)B4O. The molecule has 0 saturated heterocycles. The quantitative estimate of drug-likeness (QED) is 0.316. The standard InChI is InChI=1S/C30H20B2O2/c33-31-25-15-7-14-22-24-18-28(20-11-5-2-6-12-20)32(34)26-16-8-13-21(30(24)26)23(29(22)25)17-27(31)19-9-3-1-4-10-19/h1-18,33-34H. The molecule has 2 aliphatic rings. The van der Waals surface area contributed by atoms with Crippen molar-refractivity contribution in [3.8, 4) is 0 Å². The molecule has 0 saturated carbocycles. The summed E-state index contributed by atoms with van der Waals surface area (Å²) in [7, 11) is 0. The lowest BCUT2D eigenvalue weighted by atomic mass is 9.47. The van der Waals surface area contributed by atoms with E-state index in [1.165, 1.54) is 0 Å². The van der Waals surface area contributed by atoms with Gasteiger partial charge in [-0.05, 0) is 65.7 Å². The van der Waals surface area contributed by atoms with Gasteiger partial charge in [0.2, 0.25) is 0 Å². The molecule has 0 spiro atoms. The molecule has 0 fully saturated rings. The maximum absolute atomic E-state index is 11.4. The third-order valence-electron chi connectivity index (χ3n) is 7.30. The van der Waals surface area contributed by atoms with Crippen molar-refractivity contribution in [2.24, 2.45) is 0 Å². The van der Waals surface area contributed by atoms with Crippen LogP contribution in [0.2, 0.25) is 0 Å². The summed E-state index contributed by atoms with van der Waals surface area (Å²) >= 11 is 0. The minimum atomic E-state index is -0.696. The zero-order valence-electron chi connectivity index (χ0n) is 18.4. The summed E-state index contributed by atoms with van der Waals surface area (Å²) in [6, 6.07) is 32.6. The second-order valence-electron chi connectivity index (χ2n) is 9.10. The highest BCUT2D eigenvalue weighted by atomic mass is 16.2. The Hall–Kier alpha value is -3.85. The summed E-state index contributed by atoms with van der Waals surface area (Å²) in [5.74, 6) is 0. The van der Waals surface area contributed by atoms with Gasteiger partial charge in [0.1, 0.15) is 0 Å². The fourth-order valence-corrected chi connectivity index (χ4v) is 5.76. The van der Waals surface area contributed by atoms with E-state index in [0.29, 0.717) is 0 Å². The molecule has 0 aromatic heterocycles. The van der Waals surface area contributed by atoms with Crippen LogP contribution in [0.15, 0.2) is 97.1 Å². The summed E-state index contributed by atoms with van der Waals surface area (Å²) in [6.45, 7) is -1.39. The summed E-state index contributed by atoms with van der Waals surface area (Å²) in [5, 5.41) is 27.3. The Kier molecular flexibility index (Phi) is 4.22. The normalized spacial score (nSPS) is 14.4. The summed E-state index contributed by atoms with van der Waals surface area (Å²) in [6.07, 6.45) is 4.28. The minimum Gasteiger partial charge on any atom is -0.443 e. The lowest BCUT2D eigenvalue weighted by Crippen LogP contribution is -2.37. The van der Waals surface area contributed by atoms with Gasteiger partial charge in [0.15, 0.2) is 0 Å². The maximum atomic E-state index is 11.4. The molecule has 7 rings (SSSR count). The Bertz CT molecular complexity index is 1540. The highest BCUT2D eigenvalue weighted by molar-refractivity contribution is 6.89. The van der Waals surface area contributed by atoms with E-state index in [9.17, 15) is 10.0 Å². The first kappa shape index (κ1) is 19.6. The third kappa shape index (κ3) is 2.67. The highest BCUT2D eigenvalue weighted by Gasteiger charge is 2.33. The van der Waals surface area contributed by atoms with Gasteiger partial charge in [-0.1, -0.05) is 109 Å². The predicted molar refractivity (Wildman–Crippen MR) is 145 cm³/mol. The van der Waals surface area contributed by atoms with Crippen LogP contribution in [0.1, 0.15) is 22.3 Å². The molecule has 0 amide bonds. The van der Waals surface area contributed by atoms with Gasteiger partial charge in [-0.3, -0.25) is 0 Å². The second-order valence-corrected chi connectivity index (χ2v) is 9.10. The van der Waals surface area contributed by atoms with Gasteiger partial charge in [-0.15, -0.1) is 0 Å². The molecule has 34 heavy (non-hydrogen) atoms. The Morgan fingerprint density at radius 2 is 0.853 bits per heavy atom. The number of hydrogen-bond acceptors (Lipinski definition) is 2. The van der Waals surface area contributed by atoms with Crippen LogP contribution in [0.25, 0.3) is 44.6 Å². The zero-order valence-corrected chi connectivity index (χ0v) is 18.4. The number of fused-ring (bicyclic) bond motifs is 2. The Balaban J connectivity index is 1.61.